The Morgan fingerprint density at radius 1 is 1.67 bits per heavy atom. The maximum Gasteiger partial charge on any atom is 0.299 e. The summed E-state index contributed by atoms with van der Waals surface area (Å²) in [6.07, 6.45) is 1.47. The lowest BCUT2D eigenvalue weighted by Gasteiger charge is -2.13. The van der Waals surface area contributed by atoms with Crippen LogP contribution in [0.1, 0.15) is 0 Å². The number of pyridine rings is 1. The van der Waals surface area contributed by atoms with E-state index >= 15 is 0 Å². The van der Waals surface area contributed by atoms with Crippen molar-refractivity contribution in [3.63, 3.8) is 0 Å². The molecule has 0 amide bonds. The number of anilines is 1. The van der Waals surface area contributed by atoms with Crippen molar-refractivity contribution < 1.29 is 8.42 Å². The molecule has 0 aliphatic heterocycles. The van der Waals surface area contributed by atoms with Crippen LogP contribution in [0.25, 0.3) is 0 Å². The lowest BCUT2D eigenvalue weighted by Crippen LogP contribution is -2.33. The Bertz CT molecular complexity index is 348. The summed E-state index contributed by atoms with van der Waals surface area (Å²) in [4.78, 5) is 3.76. The average molecular weight is 186 g/mol. The first-order valence-electron chi connectivity index (χ1n) is 3.11. The van der Waals surface area contributed by atoms with Crippen molar-refractivity contribution in [3.8, 4) is 0 Å². The Kier molecular flexibility index (Phi) is 2.30. The fourth-order valence-electron chi connectivity index (χ4n) is 0.609. The van der Waals surface area contributed by atoms with E-state index in [9.17, 15) is 8.42 Å². The SMILES string of the molecule is CN(c1[c]cccn1)S(N)(=O)=O. The smallest absolute Gasteiger partial charge is 0.244 e. The highest BCUT2D eigenvalue weighted by molar-refractivity contribution is 7.90. The first kappa shape index (κ1) is 8.95. The van der Waals surface area contributed by atoms with Gasteiger partial charge >= 0.3 is 0 Å². The second kappa shape index (κ2) is 3.08. The monoisotopic (exact) mass is 186 g/mol. The molecule has 1 aromatic rings. The van der Waals surface area contributed by atoms with Gasteiger partial charge in [-0.3, -0.25) is 0 Å². The Balaban J connectivity index is 3.02. The van der Waals surface area contributed by atoms with E-state index in [1.807, 2.05) is 0 Å². The molecule has 1 heterocycles. The summed E-state index contributed by atoms with van der Waals surface area (Å²) >= 11 is 0. The number of aromatic nitrogens is 1. The third kappa shape index (κ3) is 1.93. The molecule has 1 rings (SSSR count). The molecule has 0 saturated heterocycles. The van der Waals surface area contributed by atoms with Gasteiger partial charge in [-0.05, 0) is 12.1 Å². The highest BCUT2D eigenvalue weighted by Gasteiger charge is 2.12. The van der Waals surface area contributed by atoms with Crippen molar-refractivity contribution in [3.05, 3.63) is 24.4 Å². The zero-order chi connectivity index (χ0) is 9.19. The summed E-state index contributed by atoms with van der Waals surface area (Å²) in [7, 11) is -2.40. The number of nitrogens with zero attached hydrogens (tertiary/aromatic N) is 2. The van der Waals surface area contributed by atoms with Crippen molar-refractivity contribution >= 4 is 16.0 Å². The van der Waals surface area contributed by atoms with Gasteiger partial charge in [-0.2, -0.15) is 8.42 Å². The van der Waals surface area contributed by atoms with Gasteiger partial charge in [0.15, 0.2) is 5.82 Å². The Labute approximate surface area is 71.0 Å². The standard InChI is InChI=1S/C6H8N3O2S/c1-9(12(7,10)11)6-4-2-3-5-8-6/h2-3,5H,1H3,(H2,7,10,11). The van der Waals surface area contributed by atoms with Crippen LogP contribution >= 0.6 is 0 Å². The molecule has 0 saturated carbocycles. The van der Waals surface area contributed by atoms with Crippen molar-refractivity contribution in [2.24, 2.45) is 5.14 Å². The molecule has 65 valence electrons. The van der Waals surface area contributed by atoms with Crippen molar-refractivity contribution in [2.75, 3.05) is 11.4 Å². The number of nitrogens with two attached hydrogens (primary N) is 1. The average Bonchev–Trinajstić information content (AvgIpc) is 2.03. The summed E-state index contributed by atoms with van der Waals surface area (Å²) in [6.45, 7) is 0. The number of hydrogen-bond acceptors (Lipinski definition) is 3. The molecular formula is C6H8N3O2S. The molecule has 0 fully saturated rings. The first-order valence-corrected chi connectivity index (χ1v) is 4.61. The van der Waals surface area contributed by atoms with Crippen LogP contribution in [0.5, 0.6) is 0 Å². The van der Waals surface area contributed by atoms with Crippen molar-refractivity contribution in [1.82, 2.24) is 4.98 Å². The van der Waals surface area contributed by atoms with Crippen molar-refractivity contribution in [2.45, 2.75) is 0 Å². The summed E-state index contributed by atoms with van der Waals surface area (Å²) in [5.41, 5.74) is 0. The van der Waals surface area contributed by atoms with E-state index in [1.165, 1.54) is 13.2 Å². The Hall–Kier alpha value is -1.14. The number of rotatable bonds is 2. The zero-order valence-corrected chi connectivity index (χ0v) is 7.25. The molecule has 0 bridgehead atoms. The predicted octanol–water partition coefficient (Wildman–Crippen LogP) is -0.479. The lowest BCUT2D eigenvalue weighted by atomic mass is 10.5. The van der Waals surface area contributed by atoms with Crippen LogP contribution in [0.15, 0.2) is 18.3 Å². The molecule has 1 aromatic heterocycles. The molecule has 0 aromatic carbocycles. The van der Waals surface area contributed by atoms with Crippen LogP contribution in [0.4, 0.5) is 5.82 Å². The quantitative estimate of drug-likeness (QED) is 0.677. The topological polar surface area (TPSA) is 76.3 Å². The lowest BCUT2D eigenvalue weighted by molar-refractivity contribution is 0.595. The summed E-state index contributed by atoms with van der Waals surface area (Å²) in [5.74, 6) is 0.181. The van der Waals surface area contributed by atoms with Crippen LogP contribution in [0.2, 0.25) is 0 Å². The van der Waals surface area contributed by atoms with Crippen LogP contribution in [0.3, 0.4) is 0 Å². The zero-order valence-electron chi connectivity index (χ0n) is 6.43. The Morgan fingerprint density at radius 2 is 2.33 bits per heavy atom. The van der Waals surface area contributed by atoms with E-state index in [4.69, 9.17) is 5.14 Å². The van der Waals surface area contributed by atoms with Gasteiger partial charge in [-0.15, -0.1) is 0 Å². The molecule has 6 heteroatoms. The maximum atomic E-state index is 10.8. The minimum absolute atomic E-state index is 0.181. The highest BCUT2D eigenvalue weighted by Crippen LogP contribution is 2.07. The number of hydrogen-bond donors (Lipinski definition) is 1. The second-order valence-corrected chi connectivity index (χ2v) is 3.70. The van der Waals surface area contributed by atoms with Gasteiger partial charge in [-0.1, -0.05) is 0 Å². The second-order valence-electron chi connectivity index (χ2n) is 2.12. The van der Waals surface area contributed by atoms with Gasteiger partial charge < -0.3 is 0 Å². The summed E-state index contributed by atoms with van der Waals surface area (Å²) < 4.78 is 22.4. The van der Waals surface area contributed by atoms with Crippen LogP contribution in [-0.4, -0.2) is 20.4 Å². The normalized spacial score (nSPS) is 11.2. The van der Waals surface area contributed by atoms with Gasteiger partial charge in [0.05, 0.1) is 0 Å². The Morgan fingerprint density at radius 3 is 2.75 bits per heavy atom. The summed E-state index contributed by atoms with van der Waals surface area (Å²) in [5, 5.41) is 4.85. The molecule has 5 nitrogen and oxygen atoms in total. The molecule has 0 atom stereocenters. The minimum atomic E-state index is -3.72. The first-order chi connectivity index (χ1) is 5.52. The highest BCUT2D eigenvalue weighted by atomic mass is 32.2. The molecule has 12 heavy (non-hydrogen) atoms. The van der Waals surface area contributed by atoms with E-state index in [0.29, 0.717) is 0 Å². The summed E-state index contributed by atoms with van der Waals surface area (Å²) in [6, 6.07) is 5.83. The molecule has 1 radical (unpaired) electrons. The van der Waals surface area contributed by atoms with Gasteiger partial charge in [0.1, 0.15) is 0 Å². The maximum absolute atomic E-state index is 10.8. The van der Waals surface area contributed by atoms with Crippen LogP contribution in [-0.2, 0) is 10.2 Å². The predicted molar refractivity (Wildman–Crippen MR) is 44.6 cm³/mol. The fraction of sp³-hybridized carbons (Fsp3) is 0.167. The van der Waals surface area contributed by atoms with Gasteiger partial charge in [0, 0.05) is 19.3 Å². The van der Waals surface area contributed by atoms with Gasteiger partial charge in [0.25, 0.3) is 10.2 Å². The molecule has 0 aliphatic rings. The van der Waals surface area contributed by atoms with E-state index in [1.54, 1.807) is 12.1 Å². The molecule has 0 spiro atoms. The molecule has 0 aliphatic carbocycles. The van der Waals surface area contributed by atoms with Crippen LogP contribution < -0.4 is 9.44 Å². The third-order valence-corrected chi connectivity index (χ3v) is 2.21. The van der Waals surface area contributed by atoms with Crippen molar-refractivity contribution in [1.29, 1.82) is 0 Å². The minimum Gasteiger partial charge on any atom is -0.244 e. The fourth-order valence-corrected chi connectivity index (χ4v) is 0.950. The molecule has 0 unspecified atom stereocenters. The van der Waals surface area contributed by atoms with Crippen LogP contribution in [0, 0.1) is 6.07 Å². The van der Waals surface area contributed by atoms with Gasteiger partial charge in [-0.25, -0.2) is 14.4 Å². The third-order valence-electron chi connectivity index (χ3n) is 1.27. The largest absolute Gasteiger partial charge is 0.299 e. The van der Waals surface area contributed by atoms with E-state index in [0.717, 1.165) is 4.31 Å². The van der Waals surface area contributed by atoms with Gasteiger partial charge in [0.2, 0.25) is 0 Å². The van der Waals surface area contributed by atoms with E-state index in [-0.39, 0.29) is 5.82 Å². The van der Waals surface area contributed by atoms with E-state index in [2.05, 4.69) is 11.1 Å². The molecular weight excluding hydrogens is 178 g/mol. The van der Waals surface area contributed by atoms with E-state index < -0.39 is 10.2 Å². The molecule has 2 N–H and O–H groups in total.